The summed E-state index contributed by atoms with van der Waals surface area (Å²) in [7, 11) is 0. The van der Waals surface area contributed by atoms with E-state index in [1.165, 1.54) is 5.56 Å². The van der Waals surface area contributed by atoms with Crippen molar-refractivity contribution in [3.63, 3.8) is 0 Å². The van der Waals surface area contributed by atoms with Crippen LogP contribution in [0.2, 0.25) is 0 Å². The van der Waals surface area contributed by atoms with Crippen LogP contribution in [0.25, 0.3) is 0 Å². The van der Waals surface area contributed by atoms with Crippen LogP contribution in [0.1, 0.15) is 36.0 Å². The lowest BCUT2D eigenvalue weighted by atomic mass is 9.77. The Hall–Kier alpha value is -2.66. The molecule has 2 aliphatic heterocycles. The average molecular weight is 390 g/mol. The first-order chi connectivity index (χ1) is 14.0. The summed E-state index contributed by atoms with van der Waals surface area (Å²) >= 11 is 0. The number of nitrogens with one attached hydrogen (secondary N) is 1. The van der Waals surface area contributed by atoms with Gasteiger partial charge < -0.3 is 15.0 Å². The largest absolute Gasteiger partial charge is 0.364 e. The molecule has 5 heteroatoms. The van der Waals surface area contributed by atoms with Crippen LogP contribution < -0.4 is 5.32 Å². The maximum Gasteiger partial charge on any atom is 0.246 e. The van der Waals surface area contributed by atoms with Crippen molar-refractivity contribution in [1.82, 2.24) is 10.2 Å². The summed E-state index contributed by atoms with van der Waals surface area (Å²) in [5, 5.41) is 3.20. The Labute approximate surface area is 171 Å². The van der Waals surface area contributed by atoms with Crippen LogP contribution in [0.3, 0.4) is 0 Å². The van der Waals surface area contributed by atoms with Crippen molar-refractivity contribution in [2.75, 3.05) is 19.7 Å². The molecule has 1 aliphatic carbocycles. The zero-order valence-corrected chi connectivity index (χ0v) is 16.7. The summed E-state index contributed by atoms with van der Waals surface area (Å²) in [5.41, 5.74) is 2.43. The lowest BCUT2D eigenvalue weighted by molar-refractivity contribution is -0.158. The second-order valence-electron chi connectivity index (χ2n) is 8.63. The van der Waals surface area contributed by atoms with Crippen LogP contribution in [0.5, 0.6) is 0 Å². The predicted octanol–water partition coefficient (Wildman–Crippen LogP) is 2.67. The molecule has 2 amide bonds. The van der Waals surface area contributed by atoms with E-state index in [0.29, 0.717) is 19.5 Å². The van der Waals surface area contributed by atoms with Gasteiger partial charge in [0.25, 0.3) is 0 Å². The van der Waals surface area contributed by atoms with Gasteiger partial charge in [0.1, 0.15) is 12.7 Å². The van der Waals surface area contributed by atoms with Crippen molar-refractivity contribution >= 4 is 11.8 Å². The molecule has 29 heavy (non-hydrogen) atoms. The van der Waals surface area contributed by atoms with Crippen LogP contribution in [-0.4, -0.2) is 42.5 Å². The van der Waals surface area contributed by atoms with E-state index in [9.17, 15) is 9.59 Å². The van der Waals surface area contributed by atoms with Gasteiger partial charge in [-0.05, 0) is 37.3 Å². The van der Waals surface area contributed by atoms with Crippen molar-refractivity contribution in [3.8, 4) is 0 Å². The van der Waals surface area contributed by atoms with Crippen molar-refractivity contribution in [3.05, 3.63) is 71.3 Å². The van der Waals surface area contributed by atoms with Crippen LogP contribution in [-0.2, 0) is 25.3 Å². The Morgan fingerprint density at radius 3 is 2.45 bits per heavy atom. The molecular weight excluding hydrogens is 364 g/mol. The molecule has 0 aromatic heterocycles. The van der Waals surface area contributed by atoms with E-state index >= 15 is 0 Å². The zero-order chi connectivity index (χ0) is 20.1. The summed E-state index contributed by atoms with van der Waals surface area (Å²) in [6, 6.07) is 18.4. The topological polar surface area (TPSA) is 58.6 Å². The standard InChI is InChI=1S/C24H26N2O3/c1-17-7-9-18(10-8-17)23(11-12-23)22(28)26-14-13-24(19-5-3-2-4-6-19)20(15-26)29-16-21(27)25-24/h2-10,20H,11-16H2,1H3,(H,25,27)/t20-,24+/m1/s1. The molecular formula is C24H26N2O3. The minimum atomic E-state index is -0.562. The third-order valence-electron chi connectivity index (χ3n) is 6.83. The molecule has 2 saturated heterocycles. The van der Waals surface area contributed by atoms with Gasteiger partial charge in [-0.25, -0.2) is 0 Å². The Bertz CT molecular complexity index is 936. The molecule has 0 radical (unpaired) electrons. The average Bonchev–Trinajstić information content (AvgIpc) is 3.56. The van der Waals surface area contributed by atoms with E-state index in [0.717, 1.165) is 24.0 Å². The highest BCUT2D eigenvalue weighted by Crippen LogP contribution is 2.50. The van der Waals surface area contributed by atoms with Gasteiger partial charge in [0.05, 0.1) is 11.0 Å². The Balaban J connectivity index is 1.41. The predicted molar refractivity (Wildman–Crippen MR) is 109 cm³/mol. The number of nitrogens with zero attached hydrogens (tertiary/aromatic N) is 1. The third-order valence-corrected chi connectivity index (χ3v) is 6.83. The normalized spacial score (nSPS) is 27.7. The molecule has 150 valence electrons. The summed E-state index contributed by atoms with van der Waals surface area (Å²) in [5.74, 6) is 0.103. The Kier molecular flexibility index (Phi) is 4.24. The molecule has 3 aliphatic rings. The number of morpholine rings is 1. The molecule has 2 atom stereocenters. The first-order valence-electron chi connectivity index (χ1n) is 10.4. The SMILES string of the molecule is Cc1ccc(C2(C(=O)N3CC[C@@]4(c5ccccc5)NC(=O)CO[C@@H]4C3)CC2)cc1. The van der Waals surface area contributed by atoms with E-state index < -0.39 is 5.54 Å². The van der Waals surface area contributed by atoms with E-state index in [1.807, 2.05) is 35.2 Å². The second-order valence-corrected chi connectivity index (χ2v) is 8.63. The summed E-state index contributed by atoms with van der Waals surface area (Å²) in [6.45, 7) is 3.22. The third kappa shape index (κ3) is 2.96. The number of benzene rings is 2. The second kappa shape index (κ2) is 6.70. The fourth-order valence-corrected chi connectivity index (χ4v) is 4.97. The lowest BCUT2D eigenvalue weighted by Crippen LogP contribution is -2.67. The Morgan fingerprint density at radius 2 is 1.76 bits per heavy atom. The maximum atomic E-state index is 13.5. The number of ether oxygens (including phenoxy) is 1. The minimum absolute atomic E-state index is 0.0460. The Morgan fingerprint density at radius 1 is 1.03 bits per heavy atom. The minimum Gasteiger partial charge on any atom is -0.364 e. The molecule has 2 aromatic rings. The van der Waals surface area contributed by atoms with Gasteiger partial charge in [-0.15, -0.1) is 0 Å². The van der Waals surface area contributed by atoms with E-state index in [1.54, 1.807) is 0 Å². The molecule has 1 saturated carbocycles. The van der Waals surface area contributed by atoms with Crippen molar-refractivity contribution in [1.29, 1.82) is 0 Å². The fraction of sp³-hybridized carbons (Fsp3) is 0.417. The van der Waals surface area contributed by atoms with Gasteiger partial charge in [0, 0.05) is 13.1 Å². The number of amides is 2. The summed E-state index contributed by atoms with van der Waals surface area (Å²) in [4.78, 5) is 27.7. The van der Waals surface area contributed by atoms with Crippen molar-refractivity contribution in [2.24, 2.45) is 0 Å². The zero-order valence-electron chi connectivity index (χ0n) is 16.7. The number of carbonyl (C=O) groups is 2. The van der Waals surface area contributed by atoms with Gasteiger partial charge in [0.15, 0.2) is 0 Å². The van der Waals surface area contributed by atoms with Gasteiger partial charge >= 0.3 is 0 Å². The number of piperidine rings is 1. The first kappa shape index (κ1) is 18.4. The van der Waals surface area contributed by atoms with Crippen LogP contribution in [0.15, 0.2) is 54.6 Å². The van der Waals surface area contributed by atoms with Crippen LogP contribution in [0.4, 0.5) is 0 Å². The highest BCUT2D eigenvalue weighted by Gasteiger charge is 2.56. The summed E-state index contributed by atoms with van der Waals surface area (Å²) < 4.78 is 5.98. The van der Waals surface area contributed by atoms with Crippen molar-refractivity contribution in [2.45, 2.75) is 43.2 Å². The quantitative estimate of drug-likeness (QED) is 0.877. The lowest BCUT2D eigenvalue weighted by Gasteiger charge is -2.50. The molecule has 3 fully saturated rings. The smallest absolute Gasteiger partial charge is 0.246 e. The molecule has 5 rings (SSSR count). The molecule has 2 heterocycles. The van der Waals surface area contributed by atoms with E-state index in [-0.39, 0.29) is 29.9 Å². The highest BCUT2D eigenvalue weighted by molar-refractivity contribution is 5.91. The van der Waals surface area contributed by atoms with Gasteiger partial charge in [-0.2, -0.15) is 0 Å². The van der Waals surface area contributed by atoms with Gasteiger partial charge in [0.2, 0.25) is 11.8 Å². The molecule has 2 aromatic carbocycles. The van der Waals surface area contributed by atoms with Crippen LogP contribution >= 0.6 is 0 Å². The fourth-order valence-electron chi connectivity index (χ4n) is 4.97. The van der Waals surface area contributed by atoms with Crippen molar-refractivity contribution < 1.29 is 14.3 Å². The van der Waals surface area contributed by atoms with Gasteiger partial charge in [-0.1, -0.05) is 60.2 Å². The van der Waals surface area contributed by atoms with Crippen LogP contribution in [0, 0.1) is 6.92 Å². The molecule has 1 N–H and O–H groups in total. The number of aryl methyl sites for hydroxylation is 1. The highest BCUT2D eigenvalue weighted by atomic mass is 16.5. The number of rotatable bonds is 3. The number of hydrogen-bond acceptors (Lipinski definition) is 3. The van der Waals surface area contributed by atoms with E-state index in [2.05, 4.69) is 36.5 Å². The van der Waals surface area contributed by atoms with Gasteiger partial charge in [-0.3, -0.25) is 9.59 Å². The first-order valence-corrected chi connectivity index (χ1v) is 10.4. The maximum absolute atomic E-state index is 13.5. The molecule has 0 unspecified atom stereocenters. The van der Waals surface area contributed by atoms with E-state index in [4.69, 9.17) is 4.74 Å². The molecule has 0 bridgehead atoms. The molecule has 0 spiro atoms. The number of hydrogen-bond donors (Lipinski definition) is 1. The number of likely N-dealkylation sites (tertiary alicyclic amines) is 1. The summed E-state index contributed by atoms with van der Waals surface area (Å²) in [6.07, 6.45) is 2.21. The number of carbonyl (C=O) groups excluding carboxylic acids is 2. The number of fused-ring (bicyclic) bond motifs is 1. The monoisotopic (exact) mass is 390 g/mol. The molecule has 5 nitrogen and oxygen atoms in total.